The second-order valence-electron chi connectivity index (χ2n) is 24.9. The third-order valence-corrected chi connectivity index (χ3v) is 15.4. The molecule has 1 aliphatic rings. The summed E-state index contributed by atoms with van der Waals surface area (Å²) in [6.45, 7) is 37.1. The van der Waals surface area contributed by atoms with Gasteiger partial charge in [-0.2, -0.15) is 6.07 Å². The molecule has 8 aromatic carbocycles. The number of nitrogens with zero attached hydrogens (tertiary/aromatic N) is 5. The number of pyridine rings is 1. The Morgan fingerprint density at radius 1 is 0.532 bits per heavy atom. The van der Waals surface area contributed by atoms with Gasteiger partial charge in [0.25, 0.3) is 0 Å². The molecule has 0 saturated heterocycles. The van der Waals surface area contributed by atoms with Gasteiger partial charge in [-0.25, -0.2) is 9.83 Å². The standard InChI is InChI=1S/C71H64N5O2.Pt/c1-68(2,3)46-28-24-44(25-29-46)53-18-16-19-54(45-26-30-47(31-27-45)69(4,5)6)65(53)75-43-74(59-22-14-15-23-60(59)75)50-38-49(71(10,11)12)39-52(41-50)77-51-32-33-57-62(42-51)76(63-40-48(36-37-73-63)70(7,8)9)61-35-34-56-55-20-17-21-58(72-13)66(55)78-67(56)64(57)61;/h14-40,43H,1-12H3;/q-3;. The summed E-state index contributed by atoms with van der Waals surface area (Å²) in [6, 6.07) is 63.6. The second kappa shape index (κ2) is 19.5. The summed E-state index contributed by atoms with van der Waals surface area (Å²) in [5.41, 5.74) is 16.6. The molecule has 7 nitrogen and oxygen atoms in total. The van der Waals surface area contributed by atoms with Crippen molar-refractivity contribution in [2.45, 2.75) is 105 Å². The summed E-state index contributed by atoms with van der Waals surface area (Å²) in [5, 5.41) is 3.71. The Bertz CT molecular complexity index is 4130. The first-order chi connectivity index (χ1) is 37.1. The van der Waals surface area contributed by atoms with Gasteiger partial charge < -0.3 is 23.5 Å². The average Bonchev–Trinajstić information content (AvgIpc) is 4.13. The Morgan fingerprint density at radius 3 is 1.72 bits per heavy atom. The first-order valence-electron chi connectivity index (χ1n) is 27.0. The molecular weight excluding hydrogens is 1150 g/mol. The normalized spacial score (nSPS) is 13.1. The van der Waals surface area contributed by atoms with Crippen LogP contribution in [0.2, 0.25) is 0 Å². The van der Waals surface area contributed by atoms with Crippen molar-refractivity contribution in [2.24, 2.45) is 0 Å². The average molecular weight is 1210 g/mol. The molecular formula is C71H64N5O2Pt-3. The van der Waals surface area contributed by atoms with E-state index in [2.05, 4.69) is 255 Å². The maximum Gasteiger partial charge on any atom is 0.229 e. The van der Waals surface area contributed by atoms with E-state index >= 15 is 0 Å². The molecule has 0 bridgehead atoms. The summed E-state index contributed by atoms with van der Waals surface area (Å²) >= 11 is 0. The molecule has 0 aliphatic carbocycles. The Kier molecular flexibility index (Phi) is 13.1. The van der Waals surface area contributed by atoms with Crippen LogP contribution in [0.3, 0.4) is 0 Å². The van der Waals surface area contributed by atoms with Crippen LogP contribution in [0.1, 0.15) is 105 Å². The Labute approximate surface area is 479 Å². The number of benzene rings is 8. The Balaban J connectivity index is 0.00000660. The smallest absolute Gasteiger partial charge is 0.229 e. The third kappa shape index (κ3) is 9.48. The first-order valence-corrected chi connectivity index (χ1v) is 27.0. The Hall–Kier alpha value is -7.91. The minimum atomic E-state index is -0.242. The molecule has 0 unspecified atom stereocenters. The number of fused-ring (bicyclic) bond motifs is 8. The van der Waals surface area contributed by atoms with E-state index in [-0.39, 0.29) is 42.7 Å². The maximum absolute atomic E-state index is 7.92. The molecule has 11 aromatic rings. The van der Waals surface area contributed by atoms with Gasteiger partial charge in [0.05, 0.1) is 6.57 Å². The van der Waals surface area contributed by atoms with Crippen LogP contribution in [0, 0.1) is 25.4 Å². The van der Waals surface area contributed by atoms with Crippen molar-refractivity contribution in [1.29, 1.82) is 0 Å². The van der Waals surface area contributed by atoms with Crippen LogP contribution in [0.5, 0.6) is 11.5 Å². The topological polar surface area (TPSA) is 51.0 Å². The number of anilines is 4. The van der Waals surface area contributed by atoms with Crippen molar-refractivity contribution >= 4 is 72.2 Å². The van der Waals surface area contributed by atoms with Gasteiger partial charge in [-0.1, -0.05) is 191 Å². The van der Waals surface area contributed by atoms with E-state index in [0.717, 1.165) is 100 Å². The molecule has 0 N–H and O–H groups in total. The predicted octanol–water partition coefficient (Wildman–Crippen LogP) is 20.0. The van der Waals surface area contributed by atoms with Gasteiger partial charge in [0, 0.05) is 83.2 Å². The van der Waals surface area contributed by atoms with Crippen LogP contribution in [0.25, 0.3) is 76.7 Å². The second-order valence-corrected chi connectivity index (χ2v) is 24.9. The molecule has 0 radical (unpaired) electrons. The number of aromatic nitrogens is 2. The SMILES string of the molecule is [C-]#[N+]c1cccc2c1oc1c2ccc2c1c1ccc(Oc3[c-]c(N4[CH-]N(c5c(-c6ccc(C(C)(C)C)cc6)cccc5-c5ccc(C(C)(C)C)cc5)c5ccccc54)cc(C(C)(C)C)c3)[c-]c1n2-c1cc(C(C)(C)C)ccn1.[Pt]. The summed E-state index contributed by atoms with van der Waals surface area (Å²) in [6.07, 6.45) is 1.88. The minimum absolute atomic E-state index is 0. The molecule has 12 rings (SSSR count). The van der Waals surface area contributed by atoms with E-state index in [1.807, 2.05) is 30.5 Å². The zero-order valence-electron chi connectivity index (χ0n) is 47.0. The van der Waals surface area contributed by atoms with Crippen LogP contribution in [0.4, 0.5) is 28.4 Å². The molecule has 0 atom stereocenters. The van der Waals surface area contributed by atoms with Crippen molar-refractivity contribution in [3.8, 4) is 39.6 Å². The molecule has 79 heavy (non-hydrogen) atoms. The molecule has 8 heteroatoms. The van der Waals surface area contributed by atoms with Crippen molar-refractivity contribution in [3.05, 3.63) is 216 Å². The fraction of sp³-hybridized carbons (Fsp3) is 0.225. The first kappa shape index (κ1) is 53.1. The van der Waals surface area contributed by atoms with Crippen molar-refractivity contribution in [2.75, 3.05) is 9.80 Å². The van der Waals surface area contributed by atoms with Gasteiger partial charge in [0.15, 0.2) is 0 Å². The largest absolute Gasteiger partial charge is 0.509 e. The molecule has 3 aromatic heterocycles. The van der Waals surface area contributed by atoms with E-state index in [1.54, 1.807) is 0 Å². The maximum atomic E-state index is 7.92. The van der Waals surface area contributed by atoms with Gasteiger partial charge in [-0.15, -0.1) is 48.3 Å². The summed E-state index contributed by atoms with van der Waals surface area (Å²) in [4.78, 5) is 13.4. The van der Waals surface area contributed by atoms with Crippen LogP contribution in [-0.4, -0.2) is 9.55 Å². The van der Waals surface area contributed by atoms with E-state index in [4.69, 9.17) is 20.7 Å². The van der Waals surface area contributed by atoms with E-state index in [9.17, 15) is 0 Å². The number of para-hydroxylation sites is 4. The fourth-order valence-electron chi connectivity index (χ4n) is 11.0. The van der Waals surface area contributed by atoms with Gasteiger partial charge in [0.1, 0.15) is 17.0 Å². The van der Waals surface area contributed by atoms with E-state index < -0.39 is 0 Å². The summed E-state index contributed by atoms with van der Waals surface area (Å²) in [7, 11) is 0. The quantitative estimate of drug-likeness (QED) is 0.149. The minimum Gasteiger partial charge on any atom is -0.509 e. The van der Waals surface area contributed by atoms with Gasteiger partial charge >= 0.3 is 0 Å². The fourth-order valence-corrected chi connectivity index (χ4v) is 11.0. The molecule has 398 valence electrons. The van der Waals surface area contributed by atoms with Crippen LogP contribution >= 0.6 is 0 Å². The van der Waals surface area contributed by atoms with Gasteiger partial charge in [-0.3, -0.25) is 0 Å². The van der Waals surface area contributed by atoms with Crippen LogP contribution in [-0.2, 0) is 42.7 Å². The third-order valence-electron chi connectivity index (χ3n) is 15.4. The molecule has 4 heterocycles. The van der Waals surface area contributed by atoms with E-state index in [1.165, 1.54) is 11.1 Å². The monoisotopic (exact) mass is 1210 g/mol. The molecule has 0 spiro atoms. The molecule has 0 amide bonds. The Morgan fingerprint density at radius 2 is 1.11 bits per heavy atom. The molecule has 0 fully saturated rings. The number of ether oxygens (including phenoxy) is 1. The van der Waals surface area contributed by atoms with Crippen molar-refractivity contribution in [3.63, 3.8) is 0 Å². The van der Waals surface area contributed by atoms with Crippen LogP contribution in [0.15, 0.2) is 168 Å². The zero-order valence-corrected chi connectivity index (χ0v) is 49.3. The molecule has 0 saturated carbocycles. The van der Waals surface area contributed by atoms with Crippen molar-refractivity contribution in [1.82, 2.24) is 9.55 Å². The van der Waals surface area contributed by atoms with Gasteiger partial charge in [0.2, 0.25) is 5.69 Å². The predicted molar refractivity (Wildman–Crippen MR) is 323 cm³/mol. The number of hydrogen-bond donors (Lipinski definition) is 0. The van der Waals surface area contributed by atoms with E-state index in [0.29, 0.717) is 22.8 Å². The number of furan rings is 1. The molecule has 1 aliphatic heterocycles. The summed E-state index contributed by atoms with van der Waals surface area (Å²) in [5.74, 6) is 1.86. The zero-order chi connectivity index (χ0) is 54.6. The van der Waals surface area contributed by atoms with Gasteiger partial charge in [-0.05, 0) is 91.3 Å². The van der Waals surface area contributed by atoms with Crippen molar-refractivity contribution < 1.29 is 30.2 Å². The summed E-state index contributed by atoms with van der Waals surface area (Å²) < 4.78 is 15.9. The number of hydrogen-bond acceptors (Lipinski definition) is 5. The number of rotatable bonds is 7. The van der Waals surface area contributed by atoms with Crippen LogP contribution < -0.4 is 14.5 Å².